The molecule has 1 rings (SSSR count). The third kappa shape index (κ3) is 4.82. The number of hydrogen-bond acceptors (Lipinski definition) is 1. The summed E-state index contributed by atoms with van der Waals surface area (Å²) in [6, 6.07) is 4.14. The zero-order valence-electron chi connectivity index (χ0n) is 10.6. The van der Waals surface area contributed by atoms with Gasteiger partial charge in [-0.2, -0.15) is 0 Å². The number of aryl methyl sites for hydroxylation is 1. The van der Waals surface area contributed by atoms with Crippen LogP contribution in [0.4, 0.5) is 8.78 Å². The lowest BCUT2D eigenvalue weighted by Gasteiger charge is -2.15. The van der Waals surface area contributed by atoms with E-state index < -0.39 is 0 Å². The molecule has 0 aromatic heterocycles. The zero-order chi connectivity index (χ0) is 12.7. The number of hydrogen-bond donors (Lipinski definition) is 1. The zero-order valence-corrected chi connectivity index (χ0v) is 10.6. The summed E-state index contributed by atoms with van der Waals surface area (Å²) in [5.41, 5.74) is 0.483. The number of nitrogens with one attached hydrogen (secondary N) is 1. The first kappa shape index (κ1) is 14.1. The van der Waals surface area contributed by atoms with Crippen LogP contribution < -0.4 is 5.32 Å². The van der Waals surface area contributed by atoms with Gasteiger partial charge < -0.3 is 5.32 Å². The van der Waals surface area contributed by atoms with Crippen molar-refractivity contribution < 1.29 is 8.78 Å². The number of rotatable bonds is 7. The standard InChI is InChI=1S/C14H21F2N/c1-3-13(17-4-2)7-5-6-11-10-12(15)8-9-14(11)16/h8-10,13,17H,3-7H2,1-2H3. The molecule has 0 aliphatic carbocycles. The largest absolute Gasteiger partial charge is 0.314 e. The minimum absolute atomic E-state index is 0.303. The first-order chi connectivity index (χ1) is 8.17. The third-order valence-electron chi connectivity index (χ3n) is 2.99. The molecule has 3 heteroatoms. The van der Waals surface area contributed by atoms with E-state index in [4.69, 9.17) is 0 Å². The monoisotopic (exact) mass is 241 g/mol. The van der Waals surface area contributed by atoms with E-state index in [0.717, 1.165) is 31.9 Å². The first-order valence-electron chi connectivity index (χ1n) is 6.34. The highest BCUT2D eigenvalue weighted by molar-refractivity contribution is 5.18. The van der Waals surface area contributed by atoms with Crippen LogP contribution in [0.15, 0.2) is 18.2 Å². The minimum Gasteiger partial charge on any atom is -0.314 e. The fourth-order valence-corrected chi connectivity index (χ4v) is 2.01. The highest BCUT2D eigenvalue weighted by Gasteiger charge is 2.07. The normalized spacial score (nSPS) is 12.7. The second kappa shape index (κ2) is 7.38. The molecule has 0 aliphatic rings. The van der Waals surface area contributed by atoms with Gasteiger partial charge in [-0.05, 0) is 56.0 Å². The van der Waals surface area contributed by atoms with E-state index in [9.17, 15) is 8.78 Å². The van der Waals surface area contributed by atoms with E-state index in [-0.39, 0.29) is 11.6 Å². The molecular weight excluding hydrogens is 220 g/mol. The molecule has 1 nitrogen and oxygen atoms in total. The lowest BCUT2D eigenvalue weighted by atomic mass is 10.0. The van der Waals surface area contributed by atoms with Gasteiger partial charge in [0.15, 0.2) is 0 Å². The van der Waals surface area contributed by atoms with Gasteiger partial charge in [-0.3, -0.25) is 0 Å². The molecular formula is C14H21F2N. The van der Waals surface area contributed by atoms with Crippen LogP contribution in [0.5, 0.6) is 0 Å². The summed E-state index contributed by atoms with van der Waals surface area (Å²) in [5, 5.41) is 3.38. The van der Waals surface area contributed by atoms with E-state index in [1.165, 1.54) is 12.1 Å². The molecule has 1 aromatic carbocycles. The van der Waals surface area contributed by atoms with Gasteiger partial charge in [-0.15, -0.1) is 0 Å². The first-order valence-corrected chi connectivity index (χ1v) is 6.34. The quantitative estimate of drug-likeness (QED) is 0.768. The minimum atomic E-state index is -0.361. The molecule has 0 bridgehead atoms. The van der Waals surface area contributed by atoms with Crippen molar-refractivity contribution in [3.63, 3.8) is 0 Å². The topological polar surface area (TPSA) is 12.0 Å². The van der Waals surface area contributed by atoms with Crippen LogP contribution in [0.3, 0.4) is 0 Å². The SMILES string of the molecule is CCNC(CC)CCCc1cc(F)ccc1F. The summed E-state index contributed by atoms with van der Waals surface area (Å²) in [7, 11) is 0. The van der Waals surface area contributed by atoms with Crippen LogP contribution >= 0.6 is 0 Å². The Bertz CT molecular complexity index is 339. The maximum absolute atomic E-state index is 13.3. The van der Waals surface area contributed by atoms with Crippen molar-refractivity contribution in [2.75, 3.05) is 6.54 Å². The Hall–Kier alpha value is -0.960. The van der Waals surface area contributed by atoms with E-state index in [0.29, 0.717) is 18.0 Å². The average molecular weight is 241 g/mol. The van der Waals surface area contributed by atoms with Gasteiger partial charge in [0.05, 0.1) is 0 Å². The Morgan fingerprint density at radius 2 is 2.00 bits per heavy atom. The predicted molar refractivity (Wildman–Crippen MR) is 67.1 cm³/mol. The average Bonchev–Trinajstić information content (AvgIpc) is 2.32. The Balaban J connectivity index is 2.42. The Morgan fingerprint density at radius 3 is 2.65 bits per heavy atom. The summed E-state index contributed by atoms with van der Waals surface area (Å²) in [4.78, 5) is 0. The maximum atomic E-state index is 13.3. The van der Waals surface area contributed by atoms with Crippen LogP contribution in [-0.2, 0) is 6.42 Å². The summed E-state index contributed by atoms with van der Waals surface area (Å²) >= 11 is 0. The molecule has 0 radical (unpaired) electrons. The smallest absolute Gasteiger partial charge is 0.126 e. The van der Waals surface area contributed by atoms with E-state index in [1.807, 2.05) is 0 Å². The van der Waals surface area contributed by atoms with Gasteiger partial charge in [0, 0.05) is 6.04 Å². The van der Waals surface area contributed by atoms with Crippen molar-refractivity contribution in [2.24, 2.45) is 0 Å². The van der Waals surface area contributed by atoms with Crippen LogP contribution in [-0.4, -0.2) is 12.6 Å². The molecule has 0 amide bonds. The lowest BCUT2D eigenvalue weighted by molar-refractivity contribution is 0.464. The van der Waals surface area contributed by atoms with Gasteiger partial charge >= 0.3 is 0 Å². The molecule has 0 spiro atoms. The lowest BCUT2D eigenvalue weighted by Crippen LogP contribution is -2.28. The summed E-state index contributed by atoms with van der Waals surface area (Å²) in [5.74, 6) is -0.664. The summed E-state index contributed by atoms with van der Waals surface area (Å²) < 4.78 is 26.3. The highest BCUT2D eigenvalue weighted by Crippen LogP contribution is 2.14. The molecule has 1 aromatic rings. The highest BCUT2D eigenvalue weighted by atomic mass is 19.1. The summed E-state index contributed by atoms with van der Waals surface area (Å²) in [6.45, 7) is 5.16. The van der Waals surface area contributed by atoms with E-state index in [1.54, 1.807) is 0 Å². The summed E-state index contributed by atoms with van der Waals surface area (Å²) in [6.07, 6.45) is 3.55. The van der Waals surface area contributed by atoms with Crippen LogP contribution in [0.1, 0.15) is 38.7 Å². The van der Waals surface area contributed by atoms with Crippen molar-refractivity contribution in [3.05, 3.63) is 35.4 Å². The number of benzene rings is 1. The number of halogens is 2. The molecule has 0 saturated carbocycles. The Kier molecular flexibility index (Phi) is 6.12. The van der Waals surface area contributed by atoms with Crippen molar-refractivity contribution in [2.45, 2.75) is 45.6 Å². The Labute approximate surface area is 102 Å². The fraction of sp³-hybridized carbons (Fsp3) is 0.571. The van der Waals surface area contributed by atoms with E-state index >= 15 is 0 Å². The molecule has 0 heterocycles. The second-order valence-corrected chi connectivity index (χ2v) is 4.29. The van der Waals surface area contributed by atoms with Crippen molar-refractivity contribution >= 4 is 0 Å². The molecule has 1 N–H and O–H groups in total. The molecule has 0 saturated heterocycles. The van der Waals surface area contributed by atoms with Gasteiger partial charge in [0.1, 0.15) is 11.6 Å². The maximum Gasteiger partial charge on any atom is 0.126 e. The van der Waals surface area contributed by atoms with Crippen molar-refractivity contribution in [1.29, 1.82) is 0 Å². The molecule has 0 aliphatic heterocycles. The van der Waals surface area contributed by atoms with Gasteiger partial charge in [0.25, 0.3) is 0 Å². The molecule has 0 fully saturated rings. The molecule has 96 valence electrons. The van der Waals surface area contributed by atoms with Crippen LogP contribution in [0.25, 0.3) is 0 Å². The fourth-order valence-electron chi connectivity index (χ4n) is 2.01. The van der Waals surface area contributed by atoms with Gasteiger partial charge in [-0.25, -0.2) is 8.78 Å². The van der Waals surface area contributed by atoms with Crippen LogP contribution in [0, 0.1) is 11.6 Å². The van der Waals surface area contributed by atoms with Crippen LogP contribution in [0.2, 0.25) is 0 Å². The van der Waals surface area contributed by atoms with Gasteiger partial charge in [0.2, 0.25) is 0 Å². The van der Waals surface area contributed by atoms with Crippen molar-refractivity contribution in [1.82, 2.24) is 5.32 Å². The second-order valence-electron chi connectivity index (χ2n) is 4.29. The van der Waals surface area contributed by atoms with Gasteiger partial charge in [-0.1, -0.05) is 13.8 Å². The Morgan fingerprint density at radius 1 is 1.24 bits per heavy atom. The molecule has 1 unspecified atom stereocenters. The van der Waals surface area contributed by atoms with E-state index in [2.05, 4.69) is 19.2 Å². The third-order valence-corrected chi connectivity index (χ3v) is 2.99. The molecule has 17 heavy (non-hydrogen) atoms. The van der Waals surface area contributed by atoms with Crippen molar-refractivity contribution in [3.8, 4) is 0 Å². The molecule has 1 atom stereocenters. The predicted octanol–water partition coefficient (Wildman–Crippen LogP) is 3.68.